The van der Waals surface area contributed by atoms with E-state index in [1.165, 1.54) is 11.3 Å². The summed E-state index contributed by atoms with van der Waals surface area (Å²) in [6.45, 7) is 3.49. The summed E-state index contributed by atoms with van der Waals surface area (Å²) < 4.78 is 5.70. The maximum atomic E-state index is 13.4. The molecule has 4 heterocycles. The van der Waals surface area contributed by atoms with E-state index in [4.69, 9.17) is 16.0 Å². The molecule has 1 fully saturated rings. The molecule has 0 bridgehead atoms. The van der Waals surface area contributed by atoms with Crippen molar-refractivity contribution in [2.45, 2.75) is 57.2 Å². The zero-order chi connectivity index (χ0) is 26.4. The quantitative estimate of drug-likeness (QED) is 0.342. The number of carbonyl (C=O) groups is 2. The van der Waals surface area contributed by atoms with Gasteiger partial charge in [-0.3, -0.25) is 9.59 Å². The van der Waals surface area contributed by atoms with Gasteiger partial charge in [-0.1, -0.05) is 11.6 Å². The number of thiazole rings is 1. The van der Waals surface area contributed by atoms with E-state index in [9.17, 15) is 9.59 Å². The number of hydrogen-bond acceptors (Lipinski definition) is 8. The number of aromatic nitrogens is 4. The van der Waals surface area contributed by atoms with Crippen LogP contribution >= 0.6 is 22.9 Å². The maximum Gasteiger partial charge on any atom is 0.280 e. The van der Waals surface area contributed by atoms with Gasteiger partial charge in [0.05, 0.1) is 11.7 Å². The minimum absolute atomic E-state index is 0.0111. The van der Waals surface area contributed by atoms with Crippen molar-refractivity contribution in [3.8, 4) is 0 Å². The standard InChI is InChI=1S/C26H28ClN7O3S/c1-13-32-33-25(37-13)14-3-5-18(29-23(35)21-11-15-9-16(27)4-6-17(15)28-21)20(10-14)30-24(36)26-31-19-7-8-34(2)12-22(19)38-26/h4,6,9,11,14,18,20,28H,3,5,7-8,10,12H2,1-2H3,(H,29,35)(H,30,36)/t14-,18-,20+/m0/s1. The Kier molecular flexibility index (Phi) is 6.67. The number of nitrogens with zero attached hydrogens (tertiary/aromatic N) is 4. The Hall–Kier alpha value is -3.28. The highest BCUT2D eigenvalue weighted by Gasteiger charge is 2.36. The number of likely N-dealkylation sites (N-methyl/N-ethyl adjacent to an activating group) is 1. The van der Waals surface area contributed by atoms with Crippen LogP contribution in [0.25, 0.3) is 10.9 Å². The Morgan fingerprint density at radius 2 is 2.00 bits per heavy atom. The number of benzene rings is 1. The lowest BCUT2D eigenvalue weighted by atomic mass is 9.82. The first kappa shape index (κ1) is 25.0. The van der Waals surface area contributed by atoms with Crippen LogP contribution in [-0.2, 0) is 13.0 Å². The lowest BCUT2D eigenvalue weighted by Gasteiger charge is -2.35. The van der Waals surface area contributed by atoms with Gasteiger partial charge in [0, 0.05) is 59.2 Å². The normalized spacial score (nSPS) is 21.8. The van der Waals surface area contributed by atoms with Crippen LogP contribution < -0.4 is 10.6 Å². The van der Waals surface area contributed by atoms with Crippen LogP contribution in [0.5, 0.6) is 0 Å². The Morgan fingerprint density at radius 3 is 2.82 bits per heavy atom. The fourth-order valence-electron chi connectivity index (χ4n) is 5.33. The number of aromatic amines is 1. The van der Waals surface area contributed by atoms with Gasteiger partial charge in [-0.15, -0.1) is 21.5 Å². The average Bonchev–Trinajstić information content (AvgIpc) is 3.62. The SMILES string of the molecule is Cc1nnc([C@H]2CC[C@H](NC(=O)c3cc4cc(Cl)ccc4[nH]3)[C@H](NC(=O)c3nc4c(s3)CN(C)CC4)C2)o1. The molecule has 0 unspecified atom stereocenters. The van der Waals surface area contributed by atoms with Crippen LogP contribution in [0.4, 0.5) is 0 Å². The van der Waals surface area contributed by atoms with Gasteiger partial charge in [-0.25, -0.2) is 4.98 Å². The number of aryl methyl sites for hydroxylation is 1. The van der Waals surface area contributed by atoms with Crippen LogP contribution in [0.1, 0.15) is 67.8 Å². The predicted octanol–water partition coefficient (Wildman–Crippen LogP) is 3.82. The van der Waals surface area contributed by atoms with Crippen molar-refractivity contribution >= 4 is 45.7 Å². The highest BCUT2D eigenvalue weighted by atomic mass is 35.5. The number of hydrogen-bond donors (Lipinski definition) is 3. The second-order valence-corrected chi connectivity index (χ2v) is 11.6. The molecular weight excluding hydrogens is 526 g/mol. The topological polar surface area (TPSA) is 129 Å². The van der Waals surface area contributed by atoms with Gasteiger partial charge in [0.25, 0.3) is 11.8 Å². The summed E-state index contributed by atoms with van der Waals surface area (Å²) in [5, 5.41) is 16.4. The average molecular weight is 554 g/mol. The maximum absolute atomic E-state index is 13.4. The van der Waals surface area contributed by atoms with Crippen molar-refractivity contribution in [3.05, 3.63) is 62.3 Å². The highest BCUT2D eigenvalue weighted by Crippen LogP contribution is 2.33. The molecule has 0 spiro atoms. The summed E-state index contributed by atoms with van der Waals surface area (Å²) in [6, 6.07) is 6.62. The number of H-pyrrole nitrogens is 1. The molecule has 0 saturated heterocycles. The summed E-state index contributed by atoms with van der Waals surface area (Å²) in [7, 11) is 2.07. The number of amides is 2. The highest BCUT2D eigenvalue weighted by molar-refractivity contribution is 7.13. The molecule has 198 valence electrons. The molecular formula is C26H28ClN7O3S. The number of nitrogens with one attached hydrogen (secondary N) is 3. The minimum atomic E-state index is -0.333. The Morgan fingerprint density at radius 1 is 1.16 bits per heavy atom. The Labute approximate surface area is 228 Å². The number of fused-ring (bicyclic) bond motifs is 2. The van der Waals surface area contributed by atoms with Crippen LogP contribution in [0, 0.1) is 6.92 Å². The van der Waals surface area contributed by atoms with Gasteiger partial charge in [-0.05, 0) is 50.6 Å². The van der Waals surface area contributed by atoms with E-state index in [0.29, 0.717) is 40.3 Å². The summed E-state index contributed by atoms with van der Waals surface area (Å²) in [6.07, 6.45) is 2.80. The van der Waals surface area contributed by atoms with Crippen LogP contribution in [-0.4, -0.2) is 62.6 Å². The first-order chi connectivity index (χ1) is 18.3. The van der Waals surface area contributed by atoms with Gasteiger partial charge in [-0.2, -0.15) is 0 Å². The third-order valence-electron chi connectivity index (χ3n) is 7.32. The molecule has 3 aromatic heterocycles. The van der Waals surface area contributed by atoms with E-state index in [-0.39, 0.29) is 29.8 Å². The summed E-state index contributed by atoms with van der Waals surface area (Å²) in [5.74, 6) is 0.600. The minimum Gasteiger partial charge on any atom is -0.425 e. The molecule has 0 radical (unpaired) electrons. The van der Waals surface area contributed by atoms with Crippen LogP contribution in [0.3, 0.4) is 0 Å². The zero-order valence-electron chi connectivity index (χ0n) is 21.1. The van der Waals surface area contributed by atoms with E-state index in [0.717, 1.165) is 47.4 Å². The first-order valence-corrected chi connectivity index (χ1v) is 13.9. The molecule has 6 rings (SSSR count). The van der Waals surface area contributed by atoms with E-state index in [1.54, 1.807) is 19.1 Å². The molecule has 1 aromatic carbocycles. The van der Waals surface area contributed by atoms with E-state index < -0.39 is 0 Å². The summed E-state index contributed by atoms with van der Waals surface area (Å²) in [4.78, 5) is 37.7. The molecule has 2 aliphatic rings. The van der Waals surface area contributed by atoms with Crippen molar-refractivity contribution in [2.24, 2.45) is 0 Å². The molecule has 4 aromatic rings. The van der Waals surface area contributed by atoms with E-state index >= 15 is 0 Å². The smallest absolute Gasteiger partial charge is 0.280 e. The zero-order valence-corrected chi connectivity index (χ0v) is 22.7. The Bertz CT molecular complexity index is 1510. The van der Waals surface area contributed by atoms with Crippen molar-refractivity contribution in [1.82, 2.24) is 35.7 Å². The van der Waals surface area contributed by atoms with Gasteiger partial charge in [0.1, 0.15) is 5.69 Å². The predicted molar refractivity (Wildman–Crippen MR) is 144 cm³/mol. The first-order valence-electron chi connectivity index (χ1n) is 12.7. The van der Waals surface area contributed by atoms with Crippen LogP contribution in [0.15, 0.2) is 28.7 Å². The van der Waals surface area contributed by atoms with Gasteiger partial charge < -0.3 is 24.9 Å². The van der Waals surface area contributed by atoms with Crippen LogP contribution in [0.2, 0.25) is 5.02 Å². The van der Waals surface area contributed by atoms with E-state index in [2.05, 4.69) is 42.7 Å². The van der Waals surface area contributed by atoms with E-state index in [1.807, 2.05) is 12.1 Å². The molecule has 10 nitrogen and oxygen atoms in total. The lowest BCUT2D eigenvalue weighted by molar-refractivity contribution is 0.0850. The van der Waals surface area contributed by atoms with Gasteiger partial charge >= 0.3 is 0 Å². The van der Waals surface area contributed by atoms with Crippen molar-refractivity contribution in [3.63, 3.8) is 0 Å². The third kappa shape index (κ3) is 5.05. The molecule has 38 heavy (non-hydrogen) atoms. The molecule has 1 saturated carbocycles. The Balaban J connectivity index is 1.21. The monoisotopic (exact) mass is 553 g/mol. The summed E-state index contributed by atoms with van der Waals surface area (Å²) >= 11 is 7.55. The number of rotatable bonds is 5. The number of carbonyl (C=O) groups excluding carboxylic acids is 2. The molecule has 3 atom stereocenters. The largest absolute Gasteiger partial charge is 0.425 e. The second kappa shape index (κ2) is 10.1. The molecule has 3 N–H and O–H groups in total. The fourth-order valence-corrected chi connectivity index (χ4v) is 6.60. The fraction of sp³-hybridized carbons (Fsp3) is 0.423. The molecule has 1 aliphatic heterocycles. The number of halogens is 1. The lowest BCUT2D eigenvalue weighted by Crippen LogP contribution is -2.54. The van der Waals surface area contributed by atoms with Crippen molar-refractivity contribution in [1.29, 1.82) is 0 Å². The molecule has 1 aliphatic carbocycles. The summed E-state index contributed by atoms with van der Waals surface area (Å²) in [5.41, 5.74) is 2.28. The van der Waals surface area contributed by atoms with Gasteiger partial charge in [0.15, 0.2) is 5.01 Å². The second-order valence-electron chi connectivity index (χ2n) is 10.1. The molecule has 12 heteroatoms. The third-order valence-corrected chi connectivity index (χ3v) is 8.63. The van der Waals surface area contributed by atoms with Crippen molar-refractivity contribution in [2.75, 3.05) is 13.6 Å². The van der Waals surface area contributed by atoms with Crippen molar-refractivity contribution < 1.29 is 14.0 Å². The van der Waals surface area contributed by atoms with Gasteiger partial charge in [0.2, 0.25) is 11.8 Å². The molecule has 2 amide bonds.